The lowest BCUT2D eigenvalue weighted by Gasteiger charge is -2.02. The predicted molar refractivity (Wildman–Crippen MR) is 50.2 cm³/mol. The Labute approximate surface area is 88.2 Å². The van der Waals surface area contributed by atoms with E-state index in [0.29, 0.717) is 0 Å². The highest BCUT2D eigenvalue weighted by molar-refractivity contribution is 9.10. The maximum Gasteiger partial charge on any atom is 0.337 e. The molecule has 1 aromatic rings. The Hall–Kier alpha value is -1.41. The van der Waals surface area contributed by atoms with E-state index in [1.807, 2.05) is 0 Å². The number of hydrogen-bond donors (Lipinski definition) is 0. The van der Waals surface area contributed by atoms with Crippen LogP contribution < -0.4 is 0 Å². The van der Waals surface area contributed by atoms with Crippen molar-refractivity contribution in [2.24, 2.45) is 0 Å². The molecular weight excluding hydrogens is 253 g/mol. The highest BCUT2D eigenvalue weighted by Gasteiger charge is 2.13. The Balaban J connectivity index is 3.32. The molecule has 3 nitrogen and oxygen atoms in total. The summed E-state index contributed by atoms with van der Waals surface area (Å²) >= 11 is 2.90. The average Bonchev–Trinajstić information content (AvgIpc) is 2.20. The van der Waals surface area contributed by atoms with Gasteiger partial charge in [-0.15, -0.1) is 0 Å². The number of esters is 1. The third-order valence-electron chi connectivity index (χ3n) is 1.57. The summed E-state index contributed by atoms with van der Waals surface area (Å²) in [6, 6.07) is 4.03. The zero-order valence-corrected chi connectivity index (χ0v) is 8.76. The number of benzene rings is 1. The molecule has 0 N–H and O–H groups in total. The number of carbonyl (C=O) groups excluding carboxylic acids is 1. The number of hydrogen-bond acceptors (Lipinski definition) is 3. The van der Waals surface area contributed by atoms with Crippen LogP contribution >= 0.6 is 15.9 Å². The number of ether oxygens (including phenoxy) is 1. The monoisotopic (exact) mass is 257 g/mol. The summed E-state index contributed by atoms with van der Waals surface area (Å²) in [6.07, 6.45) is 0. The van der Waals surface area contributed by atoms with Crippen molar-refractivity contribution in [3.8, 4) is 6.07 Å². The van der Waals surface area contributed by atoms with Gasteiger partial charge < -0.3 is 4.74 Å². The van der Waals surface area contributed by atoms with Gasteiger partial charge >= 0.3 is 5.97 Å². The van der Waals surface area contributed by atoms with Gasteiger partial charge in [0, 0.05) is 0 Å². The molecule has 0 unspecified atom stereocenters. The predicted octanol–water partition coefficient (Wildman–Crippen LogP) is 2.25. The van der Waals surface area contributed by atoms with Crippen LogP contribution in [0.3, 0.4) is 0 Å². The summed E-state index contributed by atoms with van der Waals surface area (Å²) < 4.78 is 17.6. The largest absolute Gasteiger partial charge is 0.465 e. The van der Waals surface area contributed by atoms with Crippen molar-refractivity contribution in [1.29, 1.82) is 5.26 Å². The van der Waals surface area contributed by atoms with Gasteiger partial charge in [-0.2, -0.15) is 5.26 Å². The molecule has 5 heteroatoms. The van der Waals surface area contributed by atoms with Crippen molar-refractivity contribution in [2.75, 3.05) is 7.11 Å². The lowest BCUT2D eigenvalue weighted by atomic mass is 10.1. The Kier molecular flexibility index (Phi) is 3.20. The molecule has 0 radical (unpaired) electrons. The van der Waals surface area contributed by atoms with Crippen LogP contribution in [0.5, 0.6) is 0 Å². The van der Waals surface area contributed by atoms with E-state index >= 15 is 0 Å². The lowest BCUT2D eigenvalue weighted by molar-refractivity contribution is 0.0600. The van der Waals surface area contributed by atoms with Crippen LogP contribution in [0.15, 0.2) is 16.6 Å². The highest BCUT2D eigenvalue weighted by atomic mass is 79.9. The molecular formula is C9H5BrFNO2. The number of nitriles is 1. The Bertz CT molecular complexity index is 426. The molecule has 72 valence electrons. The van der Waals surface area contributed by atoms with Crippen molar-refractivity contribution in [3.05, 3.63) is 33.5 Å². The minimum absolute atomic E-state index is 0.0183. The first-order valence-electron chi connectivity index (χ1n) is 3.57. The summed E-state index contributed by atoms with van der Waals surface area (Å²) in [7, 11) is 1.19. The number of rotatable bonds is 1. The second-order valence-corrected chi connectivity index (χ2v) is 3.22. The molecule has 0 spiro atoms. The second kappa shape index (κ2) is 4.20. The molecule has 0 aliphatic heterocycles. The standard InChI is InChI=1S/C9H5BrFNO2/c1-14-9(13)5-2-6(4-12)8(10)7(11)3-5/h2-3H,1H3. The SMILES string of the molecule is COC(=O)c1cc(F)c(Br)c(C#N)c1. The number of carbonyl (C=O) groups is 1. The van der Waals surface area contributed by atoms with Crippen LogP contribution in [-0.2, 0) is 4.74 Å². The van der Waals surface area contributed by atoms with Gasteiger partial charge in [0.1, 0.15) is 11.9 Å². The number of halogens is 2. The van der Waals surface area contributed by atoms with Gasteiger partial charge in [0.15, 0.2) is 0 Å². The highest BCUT2D eigenvalue weighted by Crippen LogP contribution is 2.22. The minimum atomic E-state index is -0.673. The van der Waals surface area contributed by atoms with Crippen LogP contribution in [0.2, 0.25) is 0 Å². The van der Waals surface area contributed by atoms with Crippen LogP contribution in [0.1, 0.15) is 15.9 Å². The van der Waals surface area contributed by atoms with E-state index in [1.165, 1.54) is 13.2 Å². The minimum Gasteiger partial charge on any atom is -0.465 e. The van der Waals surface area contributed by atoms with Gasteiger partial charge in [0.2, 0.25) is 0 Å². The molecule has 0 amide bonds. The van der Waals surface area contributed by atoms with Crippen LogP contribution in [0.25, 0.3) is 0 Å². The van der Waals surface area contributed by atoms with Gasteiger partial charge in [-0.3, -0.25) is 0 Å². The van der Waals surface area contributed by atoms with Gasteiger partial charge in [0.25, 0.3) is 0 Å². The topological polar surface area (TPSA) is 50.1 Å². The molecule has 1 rings (SSSR count). The summed E-state index contributed by atoms with van der Waals surface area (Å²) in [5.41, 5.74) is 0.0788. The molecule has 0 saturated carbocycles. The maximum absolute atomic E-state index is 13.1. The fourth-order valence-electron chi connectivity index (χ4n) is 0.906. The number of nitrogens with zero attached hydrogens (tertiary/aromatic N) is 1. The fourth-order valence-corrected chi connectivity index (χ4v) is 1.22. The summed E-state index contributed by atoms with van der Waals surface area (Å²) in [6.45, 7) is 0. The van der Waals surface area contributed by atoms with E-state index in [4.69, 9.17) is 5.26 Å². The van der Waals surface area contributed by atoms with Crippen molar-refractivity contribution in [2.45, 2.75) is 0 Å². The van der Waals surface area contributed by atoms with Crippen molar-refractivity contribution >= 4 is 21.9 Å². The van der Waals surface area contributed by atoms with E-state index < -0.39 is 11.8 Å². The fraction of sp³-hybridized carbons (Fsp3) is 0.111. The van der Waals surface area contributed by atoms with Crippen molar-refractivity contribution in [3.63, 3.8) is 0 Å². The summed E-state index contributed by atoms with van der Waals surface area (Å²) in [4.78, 5) is 11.0. The molecule has 0 atom stereocenters. The van der Waals surface area contributed by atoms with Gasteiger partial charge in [-0.05, 0) is 28.1 Å². The first kappa shape index (κ1) is 10.7. The zero-order valence-electron chi connectivity index (χ0n) is 7.17. The lowest BCUT2D eigenvalue weighted by Crippen LogP contribution is -2.02. The first-order chi connectivity index (χ1) is 6.60. The molecule has 14 heavy (non-hydrogen) atoms. The Morgan fingerprint density at radius 2 is 2.29 bits per heavy atom. The van der Waals surface area contributed by atoms with E-state index in [-0.39, 0.29) is 15.6 Å². The molecule has 0 heterocycles. The quantitative estimate of drug-likeness (QED) is 0.726. The van der Waals surface area contributed by atoms with E-state index in [0.717, 1.165) is 6.07 Å². The van der Waals surface area contributed by atoms with Gasteiger partial charge in [-0.25, -0.2) is 9.18 Å². The summed E-state index contributed by atoms with van der Waals surface area (Å²) in [5, 5.41) is 8.62. The normalized spacial score (nSPS) is 9.29. The van der Waals surface area contributed by atoms with Gasteiger partial charge in [0.05, 0.1) is 22.7 Å². The molecule has 1 aromatic carbocycles. The Morgan fingerprint density at radius 1 is 1.64 bits per heavy atom. The molecule has 0 aliphatic rings. The molecule has 0 saturated heterocycles. The Morgan fingerprint density at radius 3 is 2.79 bits per heavy atom. The second-order valence-electron chi connectivity index (χ2n) is 2.42. The first-order valence-corrected chi connectivity index (χ1v) is 4.37. The third kappa shape index (κ3) is 1.91. The maximum atomic E-state index is 13.1. The molecule has 0 aliphatic carbocycles. The average molecular weight is 258 g/mol. The van der Waals surface area contributed by atoms with Crippen LogP contribution in [0, 0.1) is 17.1 Å². The van der Waals surface area contributed by atoms with E-state index in [9.17, 15) is 9.18 Å². The smallest absolute Gasteiger partial charge is 0.337 e. The van der Waals surface area contributed by atoms with E-state index in [1.54, 1.807) is 6.07 Å². The molecule has 0 bridgehead atoms. The molecule has 0 fully saturated rings. The zero-order chi connectivity index (χ0) is 10.7. The van der Waals surface area contributed by atoms with E-state index in [2.05, 4.69) is 20.7 Å². The number of methoxy groups -OCH3 is 1. The van der Waals surface area contributed by atoms with Crippen LogP contribution in [0.4, 0.5) is 4.39 Å². The van der Waals surface area contributed by atoms with Crippen molar-refractivity contribution in [1.82, 2.24) is 0 Å². The third-order valence-corrected chi connectivity index (χ3v) is 2.38. The van der Waals surface area contributed by atoms with Gasteiger partial charge in [-0.1, -0.05) is 0 Å². The summed E-state index contributed by atoms with van der Waals surface area (Å²) in [5.74, 6) is -1.34. The molecule has 0 aromatic heterocycles. The van der Waals surface area contributed by atoms with Crippen LogP contribution in [-0.4, -0.2) is 13.1 Å². The van der Waals surface area contributed by atoms with Crippen molar-refractivity contribution < 1.29 is 13.9 Å².